The first kappa shape index (κ1) is 22.3. The predicted octanol–water partition coefficient (Wildman–Crippen LogP) is 2.59. The standard InChI is InChI=1S/C18H18ClFN2O.C2H2O4/c19-16-5-1-14(2-6-16)13-21-9-11-22(12-10-21)18(23)15-3-7-17(20)8-4-15;3-1(4)2(5)6/h1-8H,9-13H2;(H,3,4)(H,5,6). The number of rotatable bonds is 3. The molecule has 0 aliphatic carbocycles. The topological polar surface area (TPSA) is 98.1 Å². The number of carbonyl (C=O) groups is 3. The second-order valence-corrected chi connectivity index (χ2v) is 6.75. The third kappa shape index (κ3) is 7.17. The van der Waals surface area contributed by atoms with Crippen LogP contribution in [0.15, 0.2) is 48.5 Å². The molecule has 1 saturated heterocycles. The zero-order valence-electron chi connectivity index (χ0n) is 15.4. The van der Waals surface area contributed by atoms with Crippen LogP contribution < -0.4 is 0 Å². The summed E-state index contributed by atoms with van der Waals surface area (Å²) in [5.41, 5.74) is 1.75. The number of amides is 1. The monoisotopic (exact) mass is 422 g/mol. The third-order valence-corrected chi connectivity index (χ3v) is 4.51. The Labute approximate surface area is 171 Å². The summed E-state index contributed by atoms with van der Waals surface area (Å²) in [7, 11) is 0. The molecule has 2 aromatic rings. The van der Waals surface area contributed by atoms with Crippen molar-refractivity contribution in [3.8, 4) is 0 Å². The second kappa shape index (κ2) is 10.5. The fraction of sp³-hybridized carbons (Fsp3) is 0.250. The molecule has 29 heavy (non-hydrogen) atoms. The lowest BCUT2D eigenvalue weighted by atomic mass is 10.1. The van der Waals surface area contributed by atoms with Gasteiger partial charge in [-0.25, -0.2) is 14.0 Å². The van der Waals surface area contributed by atoms with E-state index in [9.17, 15) is 9.18 Å². The number of nitrogens with zero attached hydrogens (tertiary/aromatic N) is 2. The van der Waals surface area contributed by atoms with Crippen LogP contribution in [0.3, 0.4) is 0 Å². The van der Waals surface area contributed by atoms with E-state index in [4.69, 9.17) is 31.4 Å². The van der Waals surface area contributed by atoms with Crippen LogP contribution in [0.1, 0.15) is 15.9 Å². The number of carboxylic acid groups (broad SMARTS) is 2. The highest BCUT2D eigenvalue weighted by molar-refractivity contribution is 6.30. The fourth-order valence-electron chi connectivity index (χ4n) is 2.73. The maximum absolute atomic E-state index is 12.9. The summed E-state index contributed by atoms with van der Waals surface area (Å²) >= 11 is 5.90. The maximum atomic E-state index is 12.9. The van der Waals surface area contributed by atoms with Gasteiger partial charge in [0.25, 0.3) is 5.91 Å². The van der Waals surface area contributed by atoms with Gasteiger partial charge in [-0.3, -0.25) is 9.69 Å². The quantitative estimate of drug-likeness (QED) is 0.738. The number of benzene rings is 2. The zero-order chi connectivity index (χ0) is 21.4. The molecule has 0 saturated carbocycles. The first-order chi connectivity index (χ1) is 13.8. The lowest BCUT2D eigenvalue weighted by molar-refractivity contribution is -0.159. The van der Waals surface area contributed by atoms with E-state index in [1.54, 1.807) is 0 Å². The van der Waals surface area contributed by atoms with Gasteiger partial charge in [-0.1, -0.05) is 23.7 Å². The average molecular weight is 423 g/mol. The van der Waals surface area contributed by atoms with E-state index in [-0.39, 0.29) is 11.7 Å². The molecule has 0 aromatic heterocycles. The summed E-state index contributed by atoms with van der Waals surface area (Å²) in [4.78, 5) is 34.7. The van der Waals surface area contributed by atoms with Gasteiger partial charge >= 0.3 is 11.9 Å². The number of carbonyl (C=O) groups excluding carboxylic acids is 1. The molecule has 1 fully saturated rings. The summed E-state index contributed by atoms with van der Waals surface area (Å²) in [6, 6.07) is 13.6. The van der Waals surface area contributed by atoms with Crippen molar-refractivity contribution in [2.75, 3.05) is 26.2 Å². The van der Waals surface area contributed by atoms with Gasteiger partial charge in [-0.05, 0) is 42.0 Å². The predicted molar refractivity (Wildman–Crippen MR) is 104 cm³/mol. The van der Waals surface area contributed by atoms with Crippen LogP contribution in [0.25, 0.3) is 0 Å². The van der Waals surface area contributed by atoms with Gasteiger partial charge in [0.1, 0.15) is 5.82 Å². The van der Waals surface area contributed by atoms with Gasteiger partial charge in [0.15, 0.2) is 0 Å². The van der Waals surface area contributed by atoms with E-state index in [2.05, 4.69) is 4.90 Å². The molecule has 3 rings (SSSR count). The van der Waals surface area contributed by atoms with E-state index in [1.165, 1.54) is 29.8 Å². The Bertz CT molecular complexity index is 838. The summed E-state index contributed by atoms with van der Waals surface area (Å²) in [6.07, 6.45) is 0. The van der Waals surface area contributed by atoms with Crippen LogP contribution in [-0.4, -0.2) is 64.0 Å². The molecule has 7 nitrogen and oxygen atoms in total. The van der Waals surface area contributed by atoms with Crippen molar-refractivity contribution in [1.29, 1.82) is 0 Å². The van der Waals surface area contributed by atoms with E-state index in [1.807, 2.05) is 29.2 Å². The summed E-state index contributed by atoms with van der Waals surface area (Å²) < 4.78 is 12.9. The molecule has 0 radical (unpaired) electrons. The third-order valence-electron chi connectivity index (χ3n) is 4.25. The van der Waals surface area contributed by atoms with Crippen molar-refractivity contribution in [1.82, 2.24) is 9.80 Å². The van der Waals surface area contributed by atoms with Crippen LogP contribution in [-0.2, 0) is 16.1 Å². The van der Waals surface area contributed by atoms with E-state index in [0.29, 0.717) is 18.7 Å². The molecule has 2 aromatic carbocycles. The Morgan fingerprint density at radius 1 is 0.862 bits per heavy atom. The average Bonchev–Trinajstić information content (AvgIpc) is 2.71. The summed E-state index contributed by atoms with van der Waals surface area (Å²) in [6.45, 7) is 3.88. The normalized spacial score (nSPS) is 13.9. The Kier molecular flexibility index (Phi) is 8.11. The SMILES string of the molecule is O=C(O)C(=O)O.O=C(c1ccc(F)cc1)N1CCN(Cc2ccc(Cl)cc2)CC1. The van der Waals surface area contributed by atoms with Crippen LogP contribution in [0.5, 0.6) is 0 Å². The van der Waals surface area contributed by atoms with Crippen LogP contribution in [0.4, 0.5) is 4.39 Å². The molecular weight excluding hydrogens is 403 g/mol. The van der Waals surface area contributed by atoms with Crippen LogP contribution in [0, 0.1) is 5.82 Å². The van der Waals surface area contributed by atoms with Crippen molar-refractivity contribution >= 4 is 29.4 Å². The van der Waals surface area contributed by atoms with Gasteiger partial charge in [0, 0.05) is 43.3 Å². The minimum atomic E-state index is -1.82. The number of hydrogen-bond acceptors (Lipinski definition) is 4. The minimum absolute atomic E-state index is 0.0313. The van der Waals surface area contributed by atoms with Gasteiger partial charge in [-0.2, -0.15) is 0 Å². The van der Waals surface area contributed by atoms with E-state index >= 15 is 0 Å². The van der Waals surface area contributed by atoms with E-state index < -0.39 is 11.9 Å². The van der Waals surface area contributed by atoms with Gasteiger partial charge in [0.05, 0.1) is 0 Å². The molecule has 154 valence electrons. The lowest BCUT2D eigenvalue weighted by Gasteiger charge is -2.34. The number of hydrogen-bond donors (Lipinski definition) is 2. The highest BCUT2D eigenvalue weighted by Gasteiger charge is 2.22. The molecule has 1 amide bonds. The molecule has 9 heteroatoms. The Morgan fingerprint density at radius 3 is 1.86 bits per heavy atom. The highest BCUT2D eigenvalue weighted by atomic mass is 35.5. The highest BCUT2D eigenvalue weighted by Crippen LogP contribution is 2.14. The molecule has 0 unspecified atom stereocenters. The lowest BCUT2D eigenvalue weighted by Crippen LogP contribution is -2.48. The number of carboxylic acids is 2. The summed E-state index contributed by atoms with van der Waals surface area (Å²) in [5, 5.41) is 15.5. The fourth-order valence-corrected chi connectivity index (χ4v) is 2.86. The van der Waals surface area contributed by atoms with Crippen molar-refractivity contribution in [2.45, 2.75) is 6.54 Å². The smallest absolute Gasteiger partial charge is 0.414 e. The van der Waals surface area contributed by atoms with Gasteiger partial charge in [-0.15, -0.1) is 0 Å². The molecular formula is C20H20ClFN2O5. The first-order valence-corrected chi connectivity index (χ1v) is 9.12. The zero-order valence-corrected chi connectivity index (χ0v) is 16.2. The second-order valence-electron chi connectivity index (χ2n) is 6.31. The molecule has 1 heterocycles. The van der Waals surface area contributed by atoms with Crippen molar-refractivity contribution in [3.05, 3.63) is 70.5 Å². The van der Waals surface area contributed by atoms with Gasteiger partial charge in [0.2, 0.25) is 0 Å². The van der Waals surface area contributed by atoms with Crippen molar-refractivity contribution in [3.63, 3.8) is 0 Å². The van der Waals surface area contributed by atoms with Crippen LogP contribution in [0.2, 0.25) is 5.02 Å². The molecule has 0 atom stereocenters. The Balaban J connectivity index is 0.000000438. The molecule has 1 aliphatic rings. The Morgan fingerprint density at radius 2 is 1.38 bits per heavy atom. The maximum Gasteiger partial charge on any atom is 0.414 e. The van der Waals surface area contributed by atoms with E-state index in [0.717, 1.165) is 24.7 Å². The van der Waals surface area contributed by atoms with Crippen LogP contribution >= 0.6 is 11.6 Å². The van der Waals surface area contributed by atoms with Gasteiger partial charge < -0.3 is 15.1 Å². The summed E-state index contributed by atoms with van der Waals surface area (Å²) in [5.74, 6) is -4.00. The number of halogens is 2. The molecule has 0 spiro atoms. The minimum Gasteiger partial charge on any atom is -0.473 e. The molecule has 0 bridgehead atoms. The van der Waals surface area contributed by atoms with Crippen molar-refractivity contribution in [2.24, 2.45) is 0 Å². The molecule has 1 aliphatic heterocycles. The first-order valence-electron chi connectivity index (χ1n) is 8.74. The Hall–Kier alpha value is -2.97. The largest absolute Gasteiger partial charge is 0.473 e. The van der Waals surface area contributed by atoms with Crippen molar-refractivity contribution < 1.29 is 29.0 Å². The molecule has 2 N–H and O–H groups in total. The number of aliphatic carboxylic acids is 2. The number of piperazine rings is 1.